The highest BCUT2D eigenvalue weighted by atomic mass is 15.3. The number of nitrogens with one attached hydrogen (secondary N) is 1. The Morgan fingerprint density at radius 1 is 1.17 bits per heavy atom. The van der Waals surface area contributed by atoms with E-state index in [9.17, 15) is 0 Å². The molecule has 1 atom stereocenters. The fraction of sp³-hybridized carbons (Fsp3) is 0.467. The van der Waals surface area contributed by atoms with Gasteiger partial charge >= 0.3 is 0 Å². The summed E-state index contributed by atoms with van der Waals surface area (Å²) in [6.07, 6.45) is 10.3. The van der Waals surface area contributed by atoms with Crippen LogP contribution >= 0.6 is 0 Å². The van der Waals surface area contributed by atoms with Gasteiger partial charge in [0.1, 0.15) is 0 Å². The molecule has 1 heterocycles. The number of rotatable bonds is 2. The molecule has 0 fully saturated rings. The van der Waals surface area contributed by atoms with E-state index in [2.05, 4.69) is 48.0 Å². The Morgan fingerprint density at radius 2 is 1.94 bits per heavy atom. The third-order valence-corrected chi connectivity index (χ3v) is 3.47. The lowest BCUT2D eigenvalue weighted by Gasteiger charge is -2.12. The highest BCUT2D eigenvalue weighted by Gasteiger charge is 2.17. The van der Waals surface area contributed by atoms with Gasteiger partial charge in [-0.25, -0.2) is 0 Å². The molecule has 2 rings (SSSR count). The van der Waals surface area contributed by atoms with E-state index in [-0.39, 0.29) is 0 Å². The van der Waals surface area contributed by atoms with Gasteiger partial charge in [0, 0.05) is 0 Å². The molecule has 0 spiro atoms. The summed E-state index contributed by atoms with van der Waals surface area (Å²) in [6, 6.07) is 0. The molecular formula is C15H21N3. The van der Waals surface area contributed by atoms with Crippen LogP contribution in [0.15, 0.2) is 36.0 Å². The Kier molecular flexibility index (Phi) is 4.13. The molecule has 1 aliphatic rings. The molecule has 1 unspecified atom stereocenters. The van der Waals surface area contributed by atoms with Crippen LogP contribution in [0.3, 0.4) is 0 Å². The molecule has 1 aromatic rings. The molecule has 0 bridgehead atoms. The molecule has 0 amide bonds. The number of nitrogens with zero attached hydrogens (tertiary/aromatic N) is 2. The molecule has 18 heavy (non-hydrogen) atoms. The molecule has 3 heteroatoms. The lowest BCUT2D eigenvalue weighted by atomic mass is 9.93. The maximum atomic E-state index is 4.27. The van der Waals surface area contributed by atoms with Crippen molar-refractivity contribution < 1.29 is 0 Å². The molecular weight excluding hydrogens is 222 g/mol. The van der Waals surface area contributed by atoms with Gasteiger partial charge in [0.2, 0.25) is 0 Å². The predicted octanol–water partition coefficient (Wildman–Crippen LogP) is 3.38. The van der Waals surface area contributed by atoms with Crippen molar-refractivity contribution in [2.24, 2.45) is 5.92 Å². The van der Waals surface area contributed by atoms with Crippen LogP contribution < -0.4 is 0 Å². The Bertz CT molecular complexity index is 480. The summed E-state index contributed by atoms with van der Waals surface area (Å²) < 4.78 is 0. The van der Waals surface area contributed by atoms with Crippen molar-refractivity contribution >= 4 is 0 Å². The fourth-order valence-electron chi connectivity index (χ4n) is 2.57. The molecule has 0 saturated carbocycles. The van der Waals surface area contributed by atoms with Crippen LogP contribution in [-0.4, -0.2) is 15.4 Å². The largest absolute Gasteiger partial charge is 0.197 e. The first-order valence-electron chi connectivity index (χ1n) is 6.60. The van der Waals surface area contributed by atoms with Crippen LogP contribution in [0.4, 0.5) is 0 Å². The minimum Gasteiger partial charge on any atom is -0.197 e. The topological polar surface area (TPSA) is 41.6 Å². The standard InChI is InChI=1S/C15H21N3/c1-4-6-13-7-8-14-15(17-18-16-14)10-11(3)9-12(13)5-2/h4-6,11H,2,7-10H2,1,3H3,(H,16,17,18)/b6-4-,13-12-. The third kappa shape index (κ3) is 2.78. The molecule has 0 saturated heterocycles. The van der Waals surface area contributed by atoms with Gasteiger partial charge in [0.15, 0.2) is 0 Å². The number of H-pyrrole nitrogens is 1. The van der Waals surface area contributed by atoms with Crippen LogP contribution in [0.25, 0.3) is 0 Å². The van der Waals surface area contributed by atoms with Crippen LogP contribution in [0.2, 0.25) is 0 Å². The third-order valence-electron chi connectivity index (χ3n) is 3.47. The van der Waals surface area contributed by atoms with Crippen molar-refractivity contribution in [3.8, 4) is 0 Å². The summed E-state index contributed by atoms with van der Waals surface area (Å²) in [5.41, 5.74) is 5.01. The number of aromatic nitrogens is 3. The van der Waals surface area contributed by atoms with Crippen molar-refractivity contribution in [2.45, 2.75) is 39.5 Å². The van der Waals surface area contributed by atoms with Crippen molar-refractivity contribution in [3.63, 3.8) is 0 Å². The van der Waals surface area contributed by atoms with E-state index in [0.29, 0.717) is 5.92 Å². The smallest absolute Gasteiger partial charge is 0.0860 e. The molecule has 0 radical (unpaired) electrons. The van der Waals surface area contributed by atoms with E-state index in [0.717, 1.165) is 37.1 Å². The number of aryl methyl sites for hydroxylation is 1. The van der Waals surface area contributed by atoms with Gasteiger partial charge in [-0.2, -0.15) is 15.4 Å². The summed E-state index contributed by atoms with van der Waals surface area (Å²) in [5.74, 6) is 0.570. The minimum absolute atomic E-state index is 0.570. The van der Waals surface area contributed by atoms with Crippen molar-refractivity contribution in [3.05, 3.63) is 47.3 Å². The first-order valence-corrected chi connectivity index (χ1v) is 6.60. The highest BCUT2D eigenvalue weighted by Crippen LogP contribution is 2.26. The highest BCUT2D eigenvalue weighted by molar-refractivity contribution is 5.34. The lowest BCUT2D eigenvalue weighted by Crippen LogP contribution is -2.02. The van der Waals surface area contributed by atoms with Crippen LogP contribution in [0.1, 0.15) is 38.1 Å². The number of allylic oxidation sites excluding steroid dienone is 5. The summed E-state index contributed by atoms with van der Waals surface area (Å²) in [6.45, 7) is 8.29. The van der Waals surface area contributed by atoms with E-state index in [1.807, 2.05) is 6.08 Å². The molecule has 3 nitrogen and oxygen atoms in total. The van der Waals surface area contributed by atoms with Gasteiger partial charge < -0.3 is 0 Å². The minimum atomic E-state index is 0.570. The summed E-state index contributed by atoms with van der Waals surface area (Å²) in [4.78, 5) is 0. The molecule has 0 aliphatic heterocycles. The first-order chi connectivity index (χ1) is 8.74. The number of fused-ring (bicyclic) bond motifs is 1. The average molecular weight is 243 g/mol. The molecule has 1 aromatic heterocycles. The Balaban J connectivity index is 2.34. The fourth-order valence-corrected chi connectivity index (χ4v) is 2.57. The van der Waals surface area contributed by atoms with Gasteiger partial charge in [-0.05, 0) is 49.7 Å². The van der Waals surface area contributed by atoms with Gasteiger partial charge in [-0.15, -0.1) is 0 Å². The Labute approximate surface area is 109 Å². The maximum absolute atomic E-state index is 4.27. The number of aromatic amines is 1. The van der Waals surface area contributed by atoms with Crippen molar-refractivity contribution in [1.29, 1.82) is 0 Å². The second-order valence-electron chi connectivity index (χ2n) is 4.99. The Morgan fingerprint density at radius 3 is 2.67 bits per heavy atom. The summed E-state index contributed by atoms with van der Waals surface area (Å²) in [5, 5.41) is 11.3. The monoisotopic (exact) mass is 243 g/mol. The van der Waals surface area contributed by atoms with Gasteiger partial charge in [-0.3, -0.25) is 0 Å². The van der Waals surface area contributed by atoms with Gasteiger partial charge in [0.25, 0.3) is 0 Å². The van der Waals surface area contributed by atoms with E-state index < -0.39 is 0 Å². The van der Waals surface area contributed by atoms with Gasteiger partial charge in [-0.1, -0.05) is 31.7 Å². The van der Waals surface area contributed by atoms with E-state index in [1.165, 1.54) is 11.1 Å². The van der Waals surface area contributed by atoms with E-state index in [1.54, 1.807) is 0 Å². The zero-order valence-corrected chi connectivity index (χ0v) is 11.2. The predicted molar refractivity (Wildman–Crippen MR) is 74.2 cm³/mol. The van der Waals surface area contributed by atoms with Crippen LogP contribution in [-0.2, 0) is 12.8 Å². The molecule has 1 aliphatic carbocycles. The zero-order valence-electron chi connectivity index (χ0n) is 11.2. The van der Waals surface area contributed by atoms with E-state index in [4.69, 9.17) is 0 Å². The average Bonchev–Trinajstić information content (AvgIpc) is 2.79. The summed E-state index contributed by atoms with van der Waals surface area (Å²) >= 11 is 0. The van der Waals surface area contributed by atoms with Crippen molar-refractivity contribution in [1.82, 2.24) is 15.4 Å². The quantitative estimate of drug-likeness (QED) is 0.865. The SMILES string of the molecule is C=C/C1=C(\C=C/C)CCc2n[nH]nc2CC(C)C1. The first kappa shape index (κ1) is 12.8. The zero-order chi connectivity index (χ0) is 13.0. The van der Waals surface area contributed by atoms with Crippen LogP contribution in [0.5, 0.6) is 0 Å². The number of hydrogen-bond donors (Lipinski definition) is 1. The van der Waals surface area contributed by atoms with Gasteiger partial charge in [0.05, 0.1) is 11.4 Å². The summed E-state index contributed by atoms with van der Waals surface area (Å²) in [7, 11) is 0. The van der Waals surface area contributed by atoms with Crippen molar-refractivity contribution in [2.75, 3.05) is 0 Å². The van der Waals surface area contributed by atoms with E-state index >= 15 is 0 Å². The normalized spacial score (nSPS) is 25.3. The number of hydrogen-bond acceptors (Lipinski definition) is 2. The lowest BCUT2D eigenvalue weighted by molar-refractivity contribution is 0.568. The Hall–Kier alpha value is -1.64. The second kappa shape index (κ2) is 5.80. The second-order valence-corrected chi connectivity index (χ2v) is 4.99. The molecule has 0 aromatic carbocycles. The maximum Gasteiger partial charge on any atom is 0.0860 e. The van der Waals surface area contributed by atoms with Crippen LogP contribution in [0, 0.1) is 5.92 Å². The molecule has 96 valence electrons. The molecule has 1 N–H and O–H groups in total.